The number of ether oxygens (including phenoxy) is 1. The number of nitrogens with two attached hydrogens (primary N) is 1. The van der Waals surface area contributed by atoms with Gasteiger partial charge in [0, 0.05) is 12.1 Å². The molecule has 154 valence electrons. The van der Waals surface area contributed by atoms with E-state index in [0.29, 0.717) is 35.0 Å². The molecule has 2 aromatic carbocycles. The van der Waals surface area contributed by atoms with Crippen LogP contribution in [0.15, 0.2) is 52.5 Å². The first-order valence-electron chi connectivity index (χ1n) is 9.16. The van der Waals surface area contributed by atoms with E-state index in [1.165, 1.54) is 23.9 Å². The highest BCUT2D eigenvalue weighted by atomic mass is 32.2. The van der Waals surface area contributed by atoms with Gasteiger partial charge in [-0.25, -0.2) is 18.5 Å². The van der Waals surface area contributed by atoms with Crippen molar-refractivity contribution in [3.8, 4) is 5.75 Å². The first-order chi connectivity index (χ1) is 13.8. The molecule has 0 aliphatic rings. The predicted molar refractivity (Wildman–Crippen MR) is 114 cm³/mol. The Morgan fingerprint density at radius 2 is 1.90 bits per heavy atom. The van der Waals surface area contributed by atoms with Gasteiger partial charge < -0.3 is 9.30 Å². The first-order valence-corrected chi connectivity index (χ1v) is 11.6. The smallest absolute Gasteiger partial charge is 0.238 e. The largest absolute Gasteiger partial charge is 0.497 e. The average Bonchev–Trinajstić information content (AvgIpc) is 3.07. The molecule has 1 heterocycles. The third-order valence-electron chi connectivity index (χ3n) is 4.61. The van der Waals surface area contributed by atoms with E-state index < -0.39 is 10.0 Å². The maximum absolute atomic E-state index is 13.0. The highest BCUT2D eigenvalue weighted by Crippen LogP contribution is 2.31. The monoisotopic (exact) mass is 433 g/mol. The number of ketones is 1. The van der Waals surface area contributed by atoms with Crippen molar-refractivity contribution < 1.29 is 17.9 Å². The van der Waals surface area contributed by atoms with Gasteiger partial charge in [-0.1, -0.05) is 18.7 Å². The Morgan fingerprint density at radius 3 is 2.45 bits per heavy atom. The van der Waals surface area contributed by atoms with Gasteiger partial charge in [0.15, 0.2) is 10.9 Å². The summed E-state index contributed by atoms with van der Waals surface area (Å²) in [7, 11) is -2.23. The molecule has 2 N–H and O–H groups in total. The molecule has 1 atom stereocenters. The van der Waals surface area contributed by atoms with Gasteiger partial charge in [-0.15, -0.1) is 0 Å². The van der Waals surface area contributed by atoms with Gasteiger partial charge >= 0.3 is 0 Å². The molecule has 0 fully saturated rings. The number of hydrogen-bond donors (Lipinski definition) is 1. The van der Waals surface area contributed by atoms with Gasteiger partial charge in [-0.05, 0) is 55.8 Å². The molecular weight excluding hydrogens is 410 g/mol. The molecule has 0 saturated carbocycles. The van der Waals surface area contributed by atoms with Crippen molar-refractivity contribution in [1.82, 2.24) is 9.55 Å². The molecule has 0 bridgehead atoms. The van der Waals surface area contributed by atoms with Gasteiger partial charge in [0.05, 0.1) is 28.3 Å². The van der Waals surface area contributed by atoms with Crippen molar-refractivity contribution in [1.29, 1.82) is 0 Å². The molecule has 0 aliphatic carbocycles. The van der Waals surface area contributed by atoms with Crippen LogP contribution in [-0.4, -0.2) is 36.1 Å². The SMILES string of the molecule is CCC(Sc1nc2cc(S(N)(=O)=O)ccc2n1CC)C(=O)c1ccc(OC)cc1. The Hall–Kier alpha value is -2.36. The van der Waals surface area contributed by atoms with Crippen LogP contribution in [0.2, 0.25) is 0 Å². The number of nitrogens with zero attached hydrogens (tertiary/aromatic N) is 2. The molecule has 7 nitrogen and oxygen atoms in total. The number of fused-ring (bicyclic) bond motifs is 1. The number of sulfonamides is 1. The molecule has 3 rings (SSSR count). The van der Waals surface area contributed by atoms with Crippen molar-refractivity contribution in [3.05, 3.63) is 48.0 Å². The van der Waals surface area contributed by atoms with Crippen LogP contribution in [0.5, 0.6) is 5.75 Å². The highest BCUT2D eigenvalue weighted by molar-refractivity contribution is 8.00. The first kappa shape index (κ1) is 21.4. The topological polar surface area (TPSA) is 104 Å². The average molecular weight is 434 g/mol. The number of benzene rings is 2. The summed E-state index contributed by atoms with van der Waals surface area (Å²) in [4.78, 5) is 17.6. The number of thioether (sulfide) groups is 1. The molecule has 0 spiro atoms. The van der Waals surface area contributed by atoms with Crippen LogP contribution < -0.4 is 9.88 Å². The number of aryl methyl sites for hydroxylation is 1. The zero-order valence-corrected chi connectivity index (χ0v) is 18.1. The molecule has 0 radical (unpaired) electrons. The summed E-state index contributed by atoms with van der Waals surface area (Å²) < 4.78 is 30.4. The number of methoxy groups -OCH3 is 1. The van der Waals surface area contributed by atoms with Crippen LogP contribution >= 0.6 is 11.8 Å². The van der Waals surface area contributed by atoms with Crippen LogP contribution in [0.1, 0.15) is 30.6 Å². The minimum absolute atomic E-state index is 0.0140. The molecule has 0 saturated heterocycles. The summed E-state index contributed by atoms with van der Waals surface area (Å²) in [5.74, 6) is 0.709. The molecule has 29 heavy (non-hydrogen) atoms. The van der Waals surface area contributed by atoms with E-state index in [4.69, 9.17) is 9.88 Å². The lowest BCUT2D eigenvalue weighted by Crippen LogP contribution is -2.17. The van der Waals surface area contributed by atoms with Gasteiger partial charge in [0.1, 0.15) is 5.75 Å². The predicted octanol–water partition coefficient (Wildman–Crippen LogP) is 3.47. The van der Waals surface area contributed by atoms with Crippen molar-refractivity contribution in [2.75, 3.05) is 7.11 Å². The number of aromatic nitrogens is 2. The zero-order valence-electron chi connectivity index (χ0n) is 16.5. The summed E-state index contributed by atoms with van der Waals surface area (Å²) in [6.45, 7) is 4.57. The van der Waals surface area contributed by atoms with E-state index in [1.807, 2.05) is 18.4 Å². The van der Waals surface area contributed by atoms with Crippen LogP contribution in [0, 0.1) is 0 Å². The summed E-state index contributed by atoms with van der Waals surface area (Å²) in [5.41, 5.74) is 1.95. The van der Waals surface area contributed by atoms with E-state index in [0.717, 1.165) is 5.52 Å². The number of imidazole rings is 1. The molecule has 9 heteroatoms. The van der Waals surface area contributed by atoms with E-state index >= 15 is 0 Å². The lowest BCUT2D eigenvalue weighted by Gasteiger charge is -2.14. The highest BCUT2D eigenvalue weighted by Gasteiger charge is 2.23. The Labute approximate surface area is 174 Å². The second-order valence-corrected chi connectivity index (χ2v) is 9.17. The van der Waals surface area contributed by atoms with Crippen molar-refractivity contribution in [2.24, 2.45) is 5.14 Å². The number of rotatable bonds is 8. The van der Waals surface area contributed by atoms with Crippen LogP contribution in [0.25, 0.3) is 11.0 Å². The van der Waals surface area contributed by atoms with E-state index in [2.05, 4.69) is 4.98 Å². The standard InChI is InChI=1S/C20H23N3O4S2/c1-4-18(19(24)13-6-8-14(27-3)9-7-13)28-20-22-16-12-15(29(21,25)26)10-11-17(16)23(20)5-2/h6-12,18H,4-5H2,1-3H3,(H2,21,25,26). The second-order valence-electron chi connectivity index (χ2n) is 6.44. The number of carbonyl (C=O) groups is 1. The minimum atomic E-state index is -3.81. The number of hydrogen-bond acceptors (Lipinski definition) is 6. The number of Topliss-reactive ketones (excluding diaryl/α,β-unsaturated/α-hetero) is 1. The fourth-order valence-electron chi connectivity index (χ4n) is 3.05. The molecule has 1 unspecified atom stereocenters. The lowest BCUT2D eigenvalue weighted by molar-refractivity contribution is 0.0988. The molecule has 0 aliphatic heterocycles. The summed E-state index contributed by atoms with van der Waals surface area (Å²) in [6, 6.07) is 11.7. The van der Waals surface area contributed by atoms with Crippen molar-refractivity contribution >= 4 is 38.6 Å². The fraction of sp³-hybridized carbons (Fsp3) is 0.300. The number of carbonyl (C=O) groups excluding carboxylic acids is 1. The number of primary sulfonamides is 1. The zero-order chi connectivity index (χ0) is 21.2. The van der Waals surface area contributed by atoms with Crippen molar-refractivity contribution in [3.63, 3.8) is 0 Å². The molecule has 1 aromatic heterocycles. The van der Waals surface area contributed by atoms with E-state index in [-0.39, 0.29) is 15.9 Å². The third kappa shape index (κ3) is 4.47. The quantitative estimate of drug-likeness (QED) is 0.431. The van der Waals surface area contributed by atoms with E-state index in [9.17, 15) is 13.2 Å². The Morgan fingerprint density at radius 1 is 1.21 bits per heavy atom. The molecule has 3 aromatic rings. The van der Waals surface area contributed by atoms with Gasteiger partial charge in [0.2, 0.25) is 10.0 Å². The normalized spacial score (nSPS) is 12.8. The van der Waals surface area contributed by atoms with Crippen LogP contribution in [-0.2, 0) is 16.6 Å². The summed E-state index contributed by atoms with van der Waals surface area (Å²) >= 11 is 1.38. The van der Waals surface area contributed by atoms with E-state index in [1.54, 1.807) is 37.4 Å². The maximum Gasteiger partial charge on any atom is 0.238 e. The maximum atomic E-state index is 13.0. The van der Waals surface area contributed by atoms with Gasteiger partial charge in [-0.2, -0.15) is 0 Å². The van der Waals surface area contributed by atoms with Gasteiger partial charge in [0.25, 0.3) is 0 Å². The van der Waals surface area contributed by atoms with Gasteiger partial charge in [-0.3, -0.25) is 4.79 Å². The van der Waals surface area contributed by atoms with Crippen molar-refractivity contribution in [2.45, 2.75) is 42.1 Å². The summed E-state index contributed by atoms with van der Waals surface area (Å²) in [6.07, 6.45) is 0.630. The Balaban J connectivity index is 1.94. The summed E-state index contributed by atoms with van der Waals surface area (Å²) in [5, 5.41) is 5.58. The molecule has 0 amide bonds. The Kier molecular flexibility index (Phi) is 6.30. The second kappa shape index (κ2) is 8.56. The Bertz CT molecular complexity index is 1140. The molecular formula is C20H23N3O4S2. The minimum Gasteiger partial charge on any atom is -0.497 e. The van der Waals surface area contributed by atoms with Crippen LogP contribution in [0.4, 0.5) is 0 Å². The van der Waals surface area contributed by atoms with Crippen LogP contribution in [0.3, 0.4) is 0 Å². The third-order valence-corrected chi connectivity index (χ3v) is 6.88. The fourth-order valence-corrected chi connectivity index (χ4v) is 4.75. The lowest BCUT2D eigenvalue weighted by atomic mass is 10.1.